The Balaban J connectivity index is 1.36. The number of aromatic nitrogens is 3. The largest absolute Gasteiger partial charge is 0.385 e. The average molecular weight is 417 g/mol. The Labute approximate surface area is 182 Å². The number of nitrogens with zero attached hydrogens (tertiary/aromatic N) is 4. The summed E-state index contributed by atoms with van der Waals surface area (Å²) in [7, 11) is 0. The molecule has 1 saturated carbocycles. The summed E-state index contributed by atoms with van der Waals surface area (Å²) in [6.07, 6.45) is 6.39. The van der Waals surface area contributed by atoms with Crippen molar-refractivity contribution in [3.05, 3.63) is 59.5 Å². The molecule has 160 valence electrons. The van der Waals surface area contributed by atoms with Crippen LogP contribution >= 0.6 is 0 Å². The minimum Gasteiger partial charge on any atom is -0.385 e. The maximum atomic E-state index is 12.5. The van der Waals surface area contributed by atoms with Crippen LogP contribution in [0.1, 0.15) is 75.0 Å². The minimum absolute atomic E-state index is 0.0710. The quantitative estimate of drug-likeness (QED) is 0.514. The molecule has 1 aliphatic carbocycles. The molecule has 31 heavy (non-hydrogen) atoms. The number of carbonyl (C=O) groups is 1. The lowest BCUT2D eigenvalue weighted by molar-refractivity contribution is -0.123. The fourth-order valence-corrected chi connectivity index (χ4v) is 4.26. The van der Waals surface area contributed by atoms with Crippen LogP contribution in [0.4, 0.5) is 0 Å². The SMILES string of the molecule is CC(O)(CC(=O)CCCCc1nc2ccc(C#N)nc2n1C1CCC1)c1ccccc1. The van der Waals surface area contributed by atoms with E-state index in [-0.39, 0.29) is 12.2 Å². The van der Waals surface area contributed by atoms with Crippen molar-refractivity contribution in [1.82, 2.24) is 14.5 Å². The average Bonchev–Trinajstić information content (AvgIpc) is 3.07. The van der Waals surface area contributed by atoms with Crippen LogP contribution in [0.15, 0.2) is 42.5 Å². The number of Topliss-reactive ketones (excluding diaryl/α,β-unsaturated/α-hetero) is 1. The van der Waals surface area contributed by atoms with Gasteiger partial charge < -0.3 is 9.67 Å². The summed E-state index contributed by atoms with van der Waals surface area (Å²) in [6.45, 7) is 1.70. The summed E-state index contributed by atoms with van der Waals surface area (Å²) in [5.74, 6) is 1.06. The van der Waals surface area contributed by atoms with Crippen LogP contribution in [0, 0.1) is 11.3 Å². The first-order valence-corrected chi connectivity index (χ1v) is 11.1. The molecular formula is C25H28N4O2. The summed E-state index contributed by atoms with van der Waals surface area (Å²) >= 11 is 0. The van der Waals surface area contributed by atoms with Crippen molar-refractivity contribution in [2.45, 2.75) is 69.9 Å². The van der Waals surface area contributed by atoms with E-state index in [1.165, 1.54) is 6.42 Å². The maximum absolute atomic E-state index is 12.5. The molecule has 1 N–H and O–H groups in total. The van der Waals surface area contributed by atoms with Gasteiger partial charge in [-0.05, 0) is 56.7 Å². The number of rotatable bonds is 9. The molecule has 0 bridgehead atoms. The Morgan fingerprint density at radius 1 is 1.19 bits per heavy atom. The topological polar surface area (TPSA) is 91.8 Å². The van der Waals surface area contributed by atoms with E-state index in [1.54, 1.807) is 13.0 Å². The van der Waals surface area contributed by atoms with Crippen molar-refractivity contribution in [1.29, 1.82) is 5.26 Å². The van der Waals surface area contributed by atoms with E-state index in [2.05, 4.69) is 15.6 Å². The molecular weight excluding hydrogens is 388 g/mol. The van der Waals surface area contributed by atoms with Crippen molar-refractivity contribution < 1.29 is 9.90 Å². The zero-order valence-corrected chi connectivity index (χ0v) is 17.9. The Kier molecular flexibility index (Phi) is 6.15. The molecule has 1 aliphatic rings. The normalized spacial score (nSPS) is 15.9. The highest BCUT2D eigenvalue weighted by Crippen LogP contribution is 2.35. The lowest BCUT2D eigenvalue weighted by atomic mass is 9.89. The molecule has 3 aromatic rings. The standard InChI is InChI=1S/C25H28N4O2/c1-25(31,18-8-3-2-4-9-18)16-21(30)12-5-6-13-23-28-22-15-14-19(17-26)27-24(22)29(23)20-10-7-11-20/h2-4,8-9,14-15,20,31H,5-7,10-13,16H2,1H3. The molecule has 2 aromatic heterocycles. The summed E-state index contributed by atoms with van der Waals surface area (Å²) in [5, 5.41) is 19.9. The first-order chi connectivity index (χ1) is 15.0. The number of pyridine rings is 1. The summed E-state index contributed by atoms with van der Waals surface area (Å²) in [4.78, 5) is 21.7. The molecule has 1 fully saturated rings. The molecule has 0 amide bonds. The molecule has 0 aliphatic heterocycles. The van der Waals surface area contributed by atoms with Gasteiger partial charge in [0.1, 0.15) is 28.9 Å². The number of imidazole rings is 1. The van der Waals surface area contributed by atoms with Crippen LogP contribution < -0.4 is 0 Å². The Hall–Kier alpha value is -3.04. The van der Waals surface area contributed by atoms with Gasteiger partial charge in [-0.3, -0.25) is 4.79 Å². The molecule has 2 heterocycles. The maximum Gasteiger partial charge on any atom is 0.161 e. The van der Waals surface area contributed by atoms with Crippen molar-refractivity contribution in [3.8, 4) is 6.07 Å². The minimum atomic E-state index is -1.14. The van der Waals surface area contributed by atoms with E-state index in [9.17, 15) is 15.2 Å². The Morgan fingerprint density at radius 3 is 2.65 bits per heavy atom. The van der Waals surface area contributed by atoms with Gasteiger partial charge in [-0.15, -0.1) is 0 Å². The molecule has 0 spiro atoms. The van der Waals surface area contributed by atoms with Crippen LogP contribution in [0.5, 0.6) is 0 Å². The zero-order chi connectivity index (χ0) is 21.8. The Bertz CT molecular complexity index is 1110. The highest BCUT2D eigenvalue weighted by molar-refractivity contribution is 5.79. The van der Waals surface area contributed by atoms with Gasteiger partial charge in [0, 0.05) is 25.3 Å². The van der Waals surface area contributed by atoms with Gasteiger partial charge in [-0.1, -0.05) is 30.3 Å². The second-order valence-corrected chi connectivity index (χ2v) is 8.70. The van der Waals surface area contributed by atoms with Crippen LogP contribution in [-0.2, 0) is 16.8 Å². The number of benzene rings is 1. The molecule has 4 rings (SSSR count). The van der Waals surface area contributed by atoms with E-state index < -0.39 is 5.60 Å². The van der Waals surface area contributed by atoms with Crippen LogP contribution in [0.25, 0.3) is 11.2 Å². The van der Waals surface area contributed by atoms with E-state index in [1.807, 2.05) is 36.4 Å². The highest BCUT2D eigenvalue weighted by atomic mass is 16.3. The predicted octanol–water partition coefficient (Wildman–Crippen LogP) is 4.61. The van der Waals surface area contributed by atoms with Gasteiger partial charge in [-0.25, -0.2) is 9.97 Å². The highest BCUT2D eigenvalue weighted by Gasteiger charge is 2.27. The number of aryl methyl sites for hydroxylation is 1. The van der Waals surface area contributed by atoms with Crippen molar-refractivity contribution in [2.24, 2.45) is 0 Å². The molecule has 0 saturated heterocycles. The fraction of sp³-hybridized carbons (Fsp3) is 0.440. The van der Waals surface area contributed by atoms with Crippen LogP contribution in [-0.4, -0.2) is 25.4 Å². The number of carbonyl (C=O) groups excluding carboxylic acids is 1. The smallest absolute Gasteiger partial charge is 0.161 e. The van der Waals surface area contributed by atoms with E-state index in [0.29, 0.717) is 18.2 Å². The number of hydrogen-bond acceptors (Lipinski definition) is 5. The Morgan fingerprint density at radius 2 is 1.97 bits per heavy atom. The molecule has 6 nitrogen and oxygen atoms in total. The predicted molar refractivity (Wildman–Crippen MR) is 118 cm³/mol. The van der Waals surface area contributed by atoms with Crippen LogP contribution in [0.3, 0.4) is 0 Å². The molecule has 1 unspecified atom stereocenters. The van der Waals surface area contributed by atoms with Gasteiger partial charge in [0.2, 0.25) is 0 Å². The third kappa shape index (κ3) is 4.67. The lowest BCUT2D eigenvalue weighted by Crippen LogP contribution is -2.25. The van der Waals surface area contributed by atoms with Crippen molar-refractivity contribution in [3.63, 3.8) is 0 Å². The van der Waals surface area contributed by atoms with E-state index in [4.69, 9.17) is 4.98 Å². The number of ketones is 1. The van der Waals surface area contributed by atoms with Gasteiger partial charge in [0.05, 0.1) is 5.60 Å². The summed E-state index contributed by atoms with van der Waals surface area (Å²) in [5.41, 5.74) is 1.67. The molecule has 1 atom stereocenters. The second-order valence-electron chi connectivity index (χ2n) is 8.70. The van der Waals surface area contributed by atoms with Crippen molar-refractivity contribution >= 4 is 16.9 Å². The monoisotopic (exact) mass is 416 g/mol. The fourth-order valence-electron chi connectivity index (χ4n) is 4.26. The van der Waals surface area contributed by atoms with E-state index >= 15 is 0 Å². The zero-order valence-electron chi connectivity index (χ0n) is 17.9. The third-order valence-corrected chi connectivity index (χ3v) is 6.21. The van der Waals surface area contributed by atoms with E-state index in [0.717, 1.165) is 54.7 Å². The van der Waals surface area contributed by atoms with Gasteiger partial charge in [0.15, 0.2) is 5.65 Å². The first-order valence-electron chi connectivity index (χ1n) is 11.1. The summed E-state index contributed by atoms with van der Waals surface area (Å²) < 4.78 is 2.21. The molecule has 0 radical (unpaired) electrons. The van der Waals surface area contributed by atoms with Gasteiger partial charge in [0.25, 0.3) is 0 Å². The number of hydrogen-bond donors (Lipinski definition) is 1. The van der Waals surface area contributed by atoms with Gasteiger partial charge in [-0.2, -0.15) is 5.26 Å². The number of unbranched alkanes of at least 4 members (excludes halogenated alkanes) is 1. The van der Waals surface area contributed by atoms with Crippen molar-refractivity contribution in [2.75, 3.05) is 0 Å². The number of aliphatic hydroxyl groups is 1. The third-order valence-electron chi connectivity index (χ3n) is 6.21. The molecule has 6 heteroatoms. The summed E-state index contributed by atoms with van der Waals surface area (Å²) in [6, 6.07) is 15.4. The number of nitriles is 1. The number of fused-ring (bicyclic) bond motifs is 1. The second kappa shape index (κ2) is 8.99. The van der Waals surface area contributed by atoms with Gasteiger partial charge >= 0.3 is 0 Å². The van der Waals surface area contributed by atoms with Crippen LogP contribution in [0.2, 0.25) is 0 Å². The molecule has 1 aromatic carbocycles. The first kappa shape index (κ1) is 21.2. The lowest BCUT2D eigenvalue weighted by Gasteiger charge is -2.28.